The number of aromatic nitrogens is 1. The molecular formula is C18H22N2O3S. The molecule has 0 bridgehead atoms. The fourth-order valence-electron chi connectivity index (χ4n) is 3.52. The number of Topliss-reactive ketones (excluding diaryl/α,β-unsaturated/α-hetero) is 1. The Labute approximate surface area is 144 Å². The quantitative estimate of drug-likeness (QED) is 0.742. The summed E-state index contributed by atoms with van der Waals surface area (Å²) < 4.78 is 22.1. The van der Waals surface area contributed by atoms with E-state index in [1.165, 1.54) is 0 Å². The first-order valence-electron chi connectivity index (χ1n) is 7.95. The van der Waals surface area contributed by atoms with Crippen molar-refractivity contribution in [3.05, 3.63) is 46.6 Å². The summed E-state index contributed by atoms with van der Waals surface area (Å²) in [7, 11) is 0. The van der Waals surface area contributed by atoms with Crippen molar-refractivity contribution in [2.45, 2.75) is 40.2 Å². The molecule has 0 fully saturated rings. The molecule has 1 aliphatic rings. The Kier molecular flexibility index (Phi) is 4.46. The highest BCUT2D eigenvalue weighted by atomic mass is 32.2. The number of hydrogen-bond acceptors (Lipinski definition) is 2. The third kappa shape index (κ3) is 3.36. The maximum Gasteiger partial charge on any atom is 0.232 e. The Morgan fingerprint density at radius 1 is 1.33 bits per heavy atom. The minimum Gasteiger partial charge on any atom is -0.358 e. The average Bonchev–Trinajstić information content (AvgIpc) is 2.81. The molecule has 0 aliphatic heterocycles. The number of nitrogens with one attached hydrogen (secondary N) is 2. The highest BCUT2D eigenvalue weighted by Crippen LogP contribution is 2.40. The molecule has 1 aliphatic carbocycles. The SMILES string of the molecule is Cc1[nH]c(-c2cccc(CNS(=O)O)c2)c2c1C(=O)CC(C)(C)C2. The molecule has 128 valence electrons. The van der Waals surface area contributed by atoms with Gasteiger partial charge in [0.15, 0.2) is 5.78 Å². The molecule has 0 amide bonds. The summed E-state index contributed by atoms with van der Waals surface area (Å²) in [4.78, 5) is 15.9. The molecule has 0 radical (unpaired) electrons. The van der Waals surface area contributed by atoms with E-state index in [0.717, 1.165) is 40.1 Å². The van der Waals surface area contributed by atoms with Crippen LogP contribution >= 0.6 is 0 Å². The fraction of sp³-hybridized carbons (Fsp3) is 0.389. The van der Waals surface area contributed by atoms with Gasteiger partial charge in [0, 0.05) is 29.9 Å². The van der Waals surface area contributed by atoms with Gasteiger partial charge in [-0.1, -0.05) is 32.0 Å². The van der Waals surface area contributed by atoms with E-state index in [1.807, 2.05) is 31.2 Å². The highest BCUT2D eigenvalue weighted by molar-refractivity contribution is 7.77. The molecule has 5 nitrogen and oxygen atoms in total. The Morgan fingerprint density at radius 2 is 2.08 bits per heavy atom. The lowest BCUT2D eigenvalue weighted by Crippen LogP contribution is -2.26. The van der Waals surface area contributed by atoms with Crippen molar-refractivity contribution in [3.63, 3.8) is 0 Å². The molecule has 1 aromatic heterocycles. The Morgan fingerprint density at radius 3 is 2.79 bits per heavy atom. The number of rotatable bonds is 4. The van der Waals surface area contributed by atoms with Crippen molar-refractivity contribution >= 4 is 17.0 Å². The molecule has 3 rings (SSSR count). The van der Waals surface area contributed by atoms with Gasteiger partial charge < -0.3 is 4.98 Å². The van der Waals surface area contributed by atoms with Gasteiger partial charge in [0.1, 0.15) is 0 Å². The van der Waals surface area contributed by atoms with E-state index < -0.39 is 11.3 Å². The van der Waals surface area contributed by atoms with E-state index >= 15 is 0 Å². The van der Waals surface area contributed by atoms with E-state index in [2.05, 4.69) is 23.6 Å². The molecule has 1 heterocycles. The zero-order chi connectivity index (χ0) is 17.5. The molecule has 1 atom stereocenters. The second kappa shape index (κ2) is 6.27. The van der Waals surface area contributed by atoms with Crippen molar-refractivity contribution in [2.24, 2.45) is 5.41 Å². The first-order chi connectivity index (χ1) is 11.3. The molecule has 3 N–H and O–H groups in total. The van der Waals surface area contributed by atoms with Crippen LogP contribution < -0.4 is 4.72 Å². The number of ketones is 1. The van der Waals surface area contributed by atoms with Gasteiger partial charge in [-0.05, 0) is 41.5 Å². The topological polar surface area (TPSA) is 82.2 Å². The summed E-state index contributed by atoms with van der Waals surface area (Å²) in [5.41, 5.74) is 5.69. The highest BCUT2D eigenvalue weighted by Gasteiger charge is 2.35. The predicted octanol–water partition coefficient (Wildman–Crippen LogP) is 3.37. The van der Waals surface area contributed by atoms with Crippen LogP contribution in [0.1, 0.15) is 47.4 Å². The van der Waals surface area contributed by atoms with E-state index in [0.29, 0.717) is 13.0 Å². The van der Waals surface area contributed by atoms with Crippen molar-refractivity contribution < 1.29 is 13.6 Å². The van der Waals surface area contributed by atoms with Crippen LogP contribution in [0.4, 0.5) is 0 Å². The number of fused-ring (bicyclic) bond motifs is 1. The lowest BCUT2D eigenvalue weighted by Gasteiger charge is -2.29. The van der Waals surface area contributed by atoms with Crippen LogP contribution in [0.5, 0.6) is 0 Å². The summed E-state index contributed by atoms with van der Waals surface area (Å²) in [6, 6.07) is 7.81. The van der Waals surface area contributed by atoms with Gasteiger partial charge in [-0.15, -0.1) is 0 Å². The van der Waals surface area contributed by atoms with Crippen LogP contribution in [0.3, 0.4) is 0 Å². The molecule has 1 aromatic carbocycles. The third-order valence-electron chi connectivity index (χ3n) is 4.48. The third-order valence-corrected chi connectivity index (χ3v) is 4.87. The second-order valence-electron chi connectivity index (χ2n) is 7.19. The van der Waals surface area contributed by atoms with Crippen molar-refractivity contribution in [3.8, 4) is 11.3 Å². The predicted molar refractivity (Wildman–Crippen MR) is 95.0 cm³/mol. The molecule has 6 heteroatoms. The summed E-state index contributed by atoms with van der Waals surface area (Å²) >= 11 is -2.03. The maximum absolute atomic E-state index is 12.5. The van der Waals surface area contributed by atoms with Gasteiger partial charge in [-0.25, -0.2) is 8.93 Å². The second-order valence-corrected chi connectivity index (χ2v) is 7.98. The monoisotopic (exact) mass is 346 g/mol. The number of aromatic amines is 1. The first kappa shape index (κ1) is 17.1. The van der Waals surface area contributed by atoms with Crippen molar-refractivity contribution in [2.75, 3.05) is 0 Å². The number of aryl methyl sites for hydroxylation is 1. The lowest BCUT2D eigenvalue weighted by atomic mass is 9.73. The molecule has 0 saturated carbocycles. The van der Waals surface area contributed by atoms with E-state index in [1.54, 1.807) is 0 Å². The summed E-state index contributed by atoms with van der Waals surface area (Å²) in [5, 5.41) is 0. The zero-order valence-corrected chi connectivity index (χ0v) is 14.9. The summed E-state index contributed by atoms with van der Waals surface area (Å²) in [6.07, 6.45) is 1.43. The van der Waals surface area contributed by atoms with Gasteiger partial charge in [0.25, 0.3) is 0 Å². The zero-order valence-electron chi connectivity index (χ0n) is 14.1. The number of carbonyl (C=O) groups excluding carboxylic acids is 1. The minimum absolute atomic E-state index is 0.0412. The smallest absolute Gasteiger partial charge is 0.232 e. The molecule has 0 spiro atoms. The van der Waals surface area contributed by atoms with Gasteiger partial charge in [0.05, 0.1) is 0 Å². The molecular weight excluding hydrogens is 324 g/mol. The van der Waals surface area contributed by atoms with Crippen LogP contribution in [0.25, 0.3) is 11.3 Å². The van der Waals surface area contributed by atoms with E-state index in [9.17, 15) is 9.00 Å². The lowest BCUT2D eigenvalue weighted by molar-refractivity contribution is 0.0912. The van der Waals surface area contributed by atoms with Crippen LogP contribution in [0.15, 0.2) is 24.3 Å². The van der Waals surface area contributed by atoms with Gasteiger partial charge >= 0.3 is 0 Å². The van der Waals surface area contributed by atoms with Crippen LogP contribution in [-0.4, -0.2) is 19.5 Å². The Balaban J connectivity index is 2.02. The van der Waals surface area contributed by atoms with E-state index in [4.69, 9.17) is 4.55 Å². The average molecular weight is 346 g/mol. The van der Waals surface area contributed by atoms with Gasteiger partial charge in [0.2, 0.25) is 11.3 Å². The normalized spacial score (nSPS) is 17.6. The standard InChI is InChI=1S/C18H22N2O3S/c1-11-16-14(8-18(2,3)9-15(16)21)17(20-11)13-6-4-5-12(7-13)10-19-24(22)23/h4-7,19-20H,8-10H2,1-3H3,(H,22,23). The van der Waals surface area contributed by atoms with E-state index in [-0.39, 0.29) is 11.2 Å². The summed E-state index contributed by atoms with van der Waals surface area (Å²) in [5.74, 6) is 0.203. The molecule has 1 unspecified atom stereocenters. The summed E-state index contributed by atoms with van der Waals surface area (Å²) in [6.45, 7) is 6.50. The van der Waals surface area contributed by atoms with Gasteiger partial charge in [-0.2, -0.15) is 0 Å². The van der Waals surface area contributed by atoms with Crippen LogP contribution in [0, 0.1) is 12.3 Å². The molecule has 24 heavy (non-hydrogen) atoms. The van der Waals surface area contributed by atoms with Crippen molar-refractivity contribution in [1.29, 1.82) is 0 Å². The molecule has 2 aromatic rings. The Hall–Kier alpha value is -1.76. The van der Waals surface area contributed by atoms with Crippen LogP contribution in [-0.2, 0) is 24.2 Å². The van der Waals surface area contributed by atoms with Gasteiger partial charge in [-0.3, -0.25) is 9.35 Å². The number of benzene rings is 1. The minimum atomic E-state index is -2.03. The number of hydrogen-bond donors (Lipinski definition) is 3. The van der Waals surface area contributed by atoms with Crippen LogP contribution in [0.2, 0.25) is 0 Å². The number of H-pyrrole nitrogens is 1. The molecule has 0 saturated heterocycles. The Bertz CT molecular complexity index is 824. The number of carbonyl (C=O) groups is 1. The largest absolute Gasteiger partial charge is 0.358 e. The van der Waals surface area contributed by atoms with Crippen molar-refractivity contribution in [1.82, 2.24) is 9.71 Å². The fourth-order valence-corrected chi connectivity index (χ4v) is 3.81. The maximum atomic E-state index is 12.5. The first-order valence-corrected chi connectivity index (χ1v) is 9.06.